The first-order chi connectivity index (χ1) is 7.76. The summed E-state index contributed by atoms with van der Waals surface area (Å²) in [6.45, 7) is 2.57. The number of thioether (sulfide) groups is 1. The average molecular weight is 254 g/mol. The summed E-state index contributed by atoms with van der Waals surface area (Å²) in [4.78, 5) is 3.70. The van der Waals surface area contributed by atoms with E-state index in [0.29, 0.717) is 6.54 Å². The van der Waals surface area contributed by atoms with Gasteiger partial charge < -0.3 is 10.6 Å². The third-order valence-electron chi connectivity index (χ3n) is 2.09. The monoisotopic (exact) mass is 254 g/mol. The zero-order valence-electron chi connectivity index (χ0n) is 9.82. The molecule has 0 aliphatic heterocycles. The van der Waals surface area contributed by atoms with Crippen LogP contribution >= 0.6 is 23.1 Å². The van der Waals surface area contributed by atoms with E-state index in [1.807, 2.05) is 11.8 Å². The van der Waals surface area contributed by atoms with Gasteiger partial charge >= 0.3 is 0 Å². The lowest BCUT2D eigenvalue weighted by Gasteiger charge is -2.14. The van der Waals surface area contributed by atoms with Crippen LogP contribution in [0.25, 0.3) is 0 Å². The Bertz CT molecular complexity index is 363. The highest BCUT2D eigenvalue weighted by molar-refractivity contribution is 7.98. The molecule has 1 heterocycles. The van der Waals surface area contributed by atoms with Crippen LogP contribution in [0.1, 0.15) is 10.4 Å². The minimum Gasteiger partial charge on any atom is -0.320 e. The standard InChI is InChI=1S/C12H18N2S2/c1-14(6-7-15-2)9-12-8-11(10-16-12)4-3-5-13/h8,10H,5-7,9,13H2,1-2H3. The van der Waals surface area contributed by atoms with Crippen molar-refractivity contribution in [2.24, 2.45) is 5.73 Å². The molecule has 2 N–H and O–H groups in total. The predicted molar refractivity (Wildman–Crippen MR) is 75.0 cm³/mol. The van der Waals surface area contributed by atoms with Gasteiger partial charge in [0.25, 0.3) is 0 Å². The molecule has 1 aromatic heterocycles. The molecule has 0 fully saturated rings. The molecule has 0 atom stereocenters. The summed E-state index contributed by atoms with van der Waals surface area (Å²) >= 11 is 3.65. The smallest absolute Gasteiger partial charge is 0.0555 e. The molecule has 0 bridgehead atoms. The van der Waals surface area contributed by atoms with Crippen molar-refractivity contribution in [3.05, 3.63) is 21.9 Å². The molecule has 0 spiro atoms. The second kappa shape index (κ2) is 7.75. The Kier molecular flexibility index (Phi) is 6.58. The number of thiophene rings is 1. The third kappa shape index (κ3) is 5.04. The third-order valence-corrected chi connectivity index (χ3v) is 3.60. The van der Waals surface area contributed by atoms with Gasteiger partial charge in [0.15, 0.2) is 0 Å². The van der Waals surface area contributed by atoms with Gasteiger partial charge in [-0.15, -0.1) is 11.3 Å². The van der Waals surface area contributed by atoms with Crippen molar-refractivity contribution >= 4 is 23.1 Å². The molecule has 1 rings (SSSR count). The Morgan fingerprint density at radius 1 is 1.56 bits per heavy atom. The van der Waals surface area contributed by atoms with Crippen molar-refractivity contribution in [2.45, 2.75) is 6.54 Å². The number of rotatable bonds is 5. The fourth-order valence-corrected chi connectivity index (χ4v) is 2.66. The van der Waals surface area contributed by atoms with E-state index < -0.39 is 0 Å². The lowest BCUT2D eigenvalue weighted by molar-refractivity contribution is 0.352. The minimum atomic E-state index is 0.429. The van der Waals surface area contributed by atoms with Crippen LogP contribution in [0.5, 0.6) is 0 Å². The SMILES string of the molecule is CSCCN(C)Cc1cc(C#CCN)cs1. The topological polar surface area (TPSA) is 29.3 Å². The molecular formula is C12H18N2S2. The first-order valence-electron chi connectivity index (χ1n) is 5.20. The summed E-state index contributed by atoms with van der Waals surface area (Å²) < 4.78 is 0. The van der Waals surface area contributed by atoms with Crippen LogP contribution in [0, 0.1) is 11.8 Å². The Hall–Kier alpha value is -0.470. The zero-order chi connectivity index (χ0) is 11.8. The maximum Gasteiger partial charge on any atom is 0.0555 e. The van der Waals surface area contributed by atoms with Crippen LogP contribution in [0.2, 0.25) is 0 Å². The first kappa shape index (κ1) is 13.6. The molecular weight excluding hydrogens is 236 g/mol. The van der Waals surface area contributed by atoms with Crippen LogP contribution in [-0.4, -0.2) is 37.0 Å². The van der Waals surface area contributed by atoms with E-state index in [9.17, 15) is 0 Å². The van der Waals surface area contributed by atoms with E-state index in [4.69, 9.17) is 5.73 Å². The Balaban J connectivity index is 2.45. The van der Waals surface area contributed by atoms with Crippen molar-refractivity contribution in [3.8, 4) is 11.8 Å². The minimum absolute atomic E-state index is 0.429. The molecule has 0 amide bonds. The molecule has 16 heavy (non-hydrogen) atoms. The Morgan fingerprint density at radius 2 is 2.38 bits per heavy atom. The first-order valence-corrected chi connectivity index (χ1v) is 7.47. The highest BCUT2D eigenvalue weighted by atomic mass is 32.2. The van der Waals surface area contributed by atoms with Gasteiger partial charge in [0.05, 0.1) is 6.54 Å². The van der Waals surface area contributed by atoms with Crippen LogP contribution in [0.4, 0.5) is 0 Å². The van der Waals surface area contributed by atoms with Crippen molar-refractivity contribution < 1.29 is 0 Å². The molecule has 88 valence electrons. The molecule has 0 saturated carbocycles. The maximum atomic E-state index is 5.34. The van der Waals surface area contributed by atoms with Crippen molar-refractivity contribution in [1.82, 2.24) is 4.90 Å². The molecule has 1 aromatic rings. The summed E-state index contributed by atoms with van der Waals surface area (Å²) in [6.07, 6.45) is 2.14. The molecule has 0 aliphatic carbocycles. The van der Waals surface area contributed by atoms with Crippen molar-refractivity contribution in [3.63, 3.8) is 0 Å². The molecule has 4 heteroatoms. The van der Waals surface area contributed by atoms with Gasteiger partial charge in [-0.05, 0) is 19.4 Å². The molecule has 0 aliphatic rings. The molecule has 0 radical (unpaired) electrons. The van der Waals surface area contributed by atoms with Gasteiger partial charge in [0.1, 0.15) is 0 Å². The normalized spacial score (nSPS) is 10.2. The largest absolute Gasteiger partial charge is 0.320 e. The average Bonchev–Trinajstić information content (AvgIpc) is 2.71. The van der Waals surface area contributed by atoms with Crippen LogP contribution in [0.15, 0.2) is 11.4 Å². The molecule has 0 unspecified atom stereocenters. The van der Waals surface area contributed by atoms with Crippen LogP contribution in [-0.2, 0) is 6.54 Å². The summed E-state index contributed by atoms with van der Waals surface area (Å²) in [6, 6.07) is 2.16. The highest BCUT2D eigenvalue weighted by Crippen LogP contribution is 2.15. The molecule has 0 aromatic carbocycles. The lowest BCUT2D eigenvalue weighted by Crippen LogP contribution is -2.19. The summed E-state index contributed by atoms with van der Waals surface area (Å²) in [7, 11) is 2.15. The van der Waals surface area contributed by atoms with Crippen molar-refractivity contribution in [2.75, 3.05) is 32.1 Å². The maximum absolute atomic E-state index is 5.34. The van der Waals surface area contributed by atoms with E-state index in [0.717, 1.165) is 18.7 Å². The fraction of sp³-hybridized carbons (Fsp3) is 0.500. The predicted octanol–water partition coefficient (Wildman–Crippen LogP) is 1.85. The van der Waals surface area contributed by atoms with Gasteiger partial charge in [0, 0.05) is 34.7 Å². The highest BCUT2D eigenvalue weighted by Gasteiger charge is 2.02. The van der Waals surface area contributed by atoms with E-state index in [-0.39, 0.29) is 0 Å². The van der Waals surface area contributed by atoms with Gasteiger partial charge in [-0.2, -0.15) is 11.8 Å². The van der Waals surface area contributed by atoms with E-state index in [1.54, 1.807) is 11.3 Å². The van der Waals surface area contributed by atoms with Gasteiger partial charge in [-0.25, -0.2) is 0 Å². The fourth-order valence-electron chi connectivity index (χ4n) is 1.27. The lowest BCUT2D eigenvalue weighted by atomic mass is 10.3. The van der Waals surface area contributed by atoms with Crippen LogP contribution < -0.4 is 5.73 Å². The van der Waals surface area contributed by atoms with Crippen molar-refractivity contribution in [1.29, 1.82) is 0 Å². The molecule has 2 nitrogen and oxygen atoms in total. The quantitative estimate of drug-likeness (QED) is 0.813. The Morgan fingerprint density at radius 3 is 3.06 bits per heavy atom. The second-order valence-corrected chi connectivity index (χ2v) is 5.52. The van der Waals surface area contributed by atoms with Gasteiger partial charge in [-0.3, -0.25) is 0 Å². The summed E-state index contributed by atoms with van der Waals surface area (Å²) in [5.74, 6) is 7.11. The molecule has 0 saturated heterocycles. The number of nitrogens with zero attached hydrogens (tertiary/aromatic N) is 1. The van der Waals surface area contributed by atoms with E-state index in [2.05, 4.69) is 41.5 Å². The van der Waals surface area contributed by atoms with E-state index in [1.165, 1.54) is 10.6 Å². The second-order valence-electron chi connectivity index (χ2n) is 3.54. The zero-order valence-corrected chi connectivity index (χ0v) is 11.5. The summed E-state index contributed by atoms with van der Waals surface area (Å²) in [5.41, 5.74) is 6.42. The van der Waals surface area contributed by atoms with Gasteiger partial charge in [-0.1, -0.05) is 11.8 Å². The number of nitrogens with two attached hydrogens (primary N) is 1. The van der Waals surface area contributed by atoms with Crippen LogP contribution in [0.3, 0.4) is 0 Å². The number of hydrogen-bond donors (Lipinski definition) is 1. The summed E-state index contributed by atoms with van der Waals surface area (Å²) in [5, 5.41) is 2.10. The Labute approximate surface area is 106 Å². The van der Waals surface area contributed by atoms with E-state index >= 15 is 0 Å². The van der Waals surface area contributed by atoms with Gasteiger partial charge in [0.2, 0.25) is 0 Å². The number of hydrogen-bond acceptors (Lipinski definition) is 4.